The second kappa shape index (κ2) is 12.5. The Bertz CT molecular complexity index is 1180. The lowest BCUT2D eigenvalue weighted by Gasteiger charge is -2.12. The molecule has 0 aromatic heterocycles. The number of ketones is 1. The van der Waals surface area contributed by atoms with Gasteiger partial charge in [0, 0.05) is 11.3 Å². The van der Waals surface area contributed by atoms with Crippen LogP contribution >= 0.6 is 0 Å². The van der Waals surface area contributed by atoms with Crippen LogP contribution in [0.2, 0.25) is 0 Å². The monoisotopic (exact) mass is 456 g/mol. The molecule has 0 aliphatic carbocycles. The number of nitrogens with zero attached hydrogens (tertiary/aromatic N) is 1. The summed E-state index contributed by atoms with van der Waals surface area (Å²) in [5, 5.41) is 11.3. The van der Waals surface area contributed by atoms with E-state index in [0.717, 1.165) is 5.56 Å². The van der Waals surface area contributed by atoms with Crippen LogP contribution in [0, 0.1) is 11.3 Å². The van der Waals surface area contributed by atoms with Crippen LogP contribution < -0.4 is 19.5 Å². The molecule has 1 N–H and O–H groups in total. The van der Waals surface area contributed by atoms with E-state index >= 15 is 0 Å². The fraction of sp³-hybridized carbons (Fsp3) is 0.148. The summed E-state index contributed by atoms with van der Waals surface area (Å²) in [6, 6.07) is 22.8. The van der Waals surface area contributed by atoms with Gasteiger partial charge in [-0.15, -0.1) is 0 Å². The second-order valence-electron chi connectivity index (χ2n) is 7.01. The molecule has 1 amide bonds. The molecule has 0 unspecified atom stereocenters. The van der Waals surface area contributed by atoms with E-state index in [2.05, 4.69) is 5.32 Å². The summed E-state index contributed by atoms with van der Waals surface area (Å²) in [5.41, 5.74) is 1.93. The Morgan fingerprint density at radius 1 is 0.941 bits per heavy atom. The third-order valence-electron chi connectivity index (χ3n) is 4.55. The largest absolute Gasteiger partial charge is 0.490 e. The molecule has 3 rings (SSSR count). The Labute approximate surface area is 198 Å². The molecule has 3 aromatic rings. The van der Waals surface area contributed by atoms with Gasteiger partial charge in [-0.1, -0.05) is 30.3 Å². The maximum Gasteiger partial charge on any atom is 0.262 e. The number of anilines is 1. The zero-order valence-corrected chi connectivity index (χ0v) is 18.7. The van der Waals surface area contributed by atoms with Gasteiger partial charge >= 0.3 is 0 Å². The highest BCUT2D eigenvalue weighted by atomic mass is 16.5. The number of nitrogens with one attached hydrogen (secondary N) is 1. The number of benzene rings is 3. The molecular weight excluding hydrogens is 432 g/mol. The van der Waals surface area contributed by atoms with Gasteiger partial charge < -0.3 is 19.5 Å². The van der Waals surface area contributed by atoms with Crippen LogP contribution in [0.3, 0.4) is 0 Å². The molecule has 0 atom stereocenters. The summed E-state index contributed by atoms with van der Waals surface area (Å²) in [7, 11) is 0. The zero-order chi connectivity index (χ0) is 24.2. The van der Waals surface area contributed by atoms with Gasteiger partial charge in [-0.3, -0.25) is 9.59 Å². The molecule has 0 bridgehead atoms. The van der Waals surface area contributed by atoms with Crippen LogP contribution in [0.15, 0.2) is 78.9 Å². The minimum atomic E-state index is -0.285. The summed E-state index contributed by atoms with van der Waals surface area (Å²) in [5.74, 6) is 0.969. The molecule has 34 heavy (non-hydrogen) atoms. The number of carbonyl (C=O) groups is 2. The van der Waals surface area contributed by atoms with Crippen molar-refractivity contribution < 1.29 is 23.8 Å². The van der Waals surface area contributed by atoms with Crippen LogP contribution in [-0.4, -0.2) is 31.5 Å². The lowest BCUT2D eigenvalue weighted by atomic mass is 10.1. The van der Waals surface area contributed by atoms with Crippen LogP contribution in [-0.2, 0) is 4.79 Å². The van der Waals surface area contributed by atoms with Gasteiger partial charge in [0.05, 0.1) is 6.61 Å². The summed E-state index contributed by atoms with van der Waals surface area (Å²) in [6.45, 7) is 2.05. The van der Waals surface area contributed by atoms with Crippen molar-refractivity contribution in [3.05, 3.63) is 90.0 Å². The SMILES string of the molecule is CCOc1cc(/C=C/C(=O)c2ccc(OCC#N)cc2)ccc1OCC(=O)Nc1ccccc1. The quantitative estimate of drug-likeness (QED) is 0.326. The standard InChI is InChI=1S/C27H24N2O5/c1-2-32-26-18-20(8-14-24(30)21-10-12-23(13-11-21)33-17-16-28)9-15-25(26)34-19-27(31)29-22-6-4-3-5-7-22/h3-15,18H,2,17,19H2,1H3,(H,29,31)/b14-8+. The van der Waals surface area contributed by atoms with E-state index in [-0.39, 0.29) is 24.9 Å². The van der Waals surface area contributed by atoms with Crippen molar-refractivity contribution in [3.63, 3.8) is 0 Å². The normalized spacial score (nSPS) is 10.4. The van der Waals surface area contributed by atoms with E-state index in [1.807, 2.05) is 31.2 Å². The molecule has 0 radical (unpaired) electrons. The molecule has 0 saturated carbocycles. The number of hydrogen-bond acceptors (Lipinski definition) is 6. The van der Waals surface area contributed by atoms with Crippen molar-refractivity contribution in [1.82, 2.24) is 0 Å². The molecule has 0 fully saturated rings. The van der Waals surface area contributed by atoms with Gasteiger partial charge in [-0.25, -0.2) is 0 Å². The van der Waals surface area contributed by atoms with E-state index in [0.29, 0.717) is 35.1 Å². The molecule has 0 aliphatic rings. The van der Waals surface area contributed by atoms with Crippen molar-refractivity contribution in [2.24, 2.45) is 0 Å². The van der Waals surface area contributed by atoms with Crippen LogP contribution in [0.5, 0.6) is 17.2 Å². The third kappa shape index (κ3) is 7.24. The minimum Gasteiger partial charge on any atom is -0.490 e. The average molecular weight is 456 g/mol. The Kier molecular flexibility index (Phi) is 8.83. The molecule has 172 valence electrons. The number of rotatable bonds is 11. The molecule has 0 heterocycles. The molecule has 0 aliphatic heterocycles. The maximum absolute atomic E-state index is 12.5. The van der Waals surface area contributed by atoms with Crippen LogP contribution in [0.25, 0.3) is 6.08 Å². The van der Waals surface area contributed by atoms with Gasteiger partial charge in [0.1, 0.15) is 11.8 Å². The van der Waals surface area contributed by atoms with Gasteiger partial charge in [-0.05, 0) is 67.1 Å². The maximum atomic E-state index is 12.5. The lowest BCUT2D eigenvalue weighted by molar-refractivity contribution is -0.118. The van der Waals surface area contributed by atoms with Crippen molar-refractivity contribution in [2.45, 2.75) is 6.92 Å². The Morgan fingerprint density at radius 2 is 1.71 bits per heavy atom. The first kappa shape index (κ1) is 24.1. The van der Waals surface area contributed by atoms with Crippen molar-refractivity contribution in [1.29, 1.82) is 5.26 Å². The summed E-state index contributed by atoms with van der Waals surface area (Å²) >= 11 is 0. The average Bonchev–Trinajstić information content (AvgIpc) is 2.86. The highest BCUT2D eigenvalue weighted by Gasteiger charge is 2.10. The molecule has 7 heteroatoms. The van der Waals surface area contributed by atoms with Crippen molar-refractivity contribution in [2.75, 3.05) is 25.1 Å². The predicted octanol–water partition coefficient (Wildman–Crippen LogP) is 4.90. The summed E-state index contributed by atoms with van der Waals surface area (Å²) in [4.78, 5) is 24.6. The number of carbonyl (C=O) groups excluding carboxylic acids is 2. The predicted molar refractivity (Wildman–Crippen MR) is 129 cm³/mol. The molecule has 0 spiro atoms. The first-order valence-corrected chi connectivity index (χ1v) is 10.7. The van der Waals surface area contributed by atoms with E-state index < -0.39 is 0 Å². The number of ether oxygens (including phenoxy) is 3. The fourth-order valence-electron chi connectivity index (χ4n) is 2.98. The first-order valence-electron chi connectivity index (χ1n) is 10.7. The zero-order valence-electron chi connectivity index (χ0n) is 18.7. The number of amides is 1. The molecule has 0 saturated heterocycles. The second-order valence-corrected chi connectivity index (χ2v) is 7.01. The number of para-hydroxylation sites is 1. The lowest BCUT2D eigenvalue weighted by Crippen LogP contribution is -2.20. The Morgan fingerprint density at radius 3 is 2.41 bits per heavy atom. The number of hydrogen-bond donors (Lipinski definition) is 1. The molecule has 7 nitrogen and oxygen atoms in total. The molecular formula is C27H24N2O5. The van der Waals surface area contributed by atoms with Crippen LogP contribution in [0.1, 0.15) is 22.8 Å². The van der Waals surface area contributed by atoms with E-state index in [9.17, 15) is 9.59 Å². The van der Waals surface area contributed by atoms with Gasteiger partial charge in [0.15, 0.2) is 30.5 Å². The number of nitriles is 1. The Hall–Kier alpha value is -4.57. The van der Waals surface area contributed by atoms with Crippen LogP contribution in [0.4, 0.5) is 5.69 Å². The third-order valence-corrected chi connectivity index (χ3v) is 4.55. The van der Waals surface area contributed by atoms with E-state index in [1.54, 1.807) is 60.7 Å². The minimum absolute atomic E-state index is 0.0488. The molecule has 3 aromatic carbocycles. The Balaban J connectivity index is 1.62. The highest BCUT2D eigenvalue weighted by molar-refractivity contribution is 6.06. The van der Waals surface area contributed by atoms with Crippen molar-refractivity contribution >= 4 is 23.5 Å². The smallest absolute Gasteiger partial charge is 0.262 e. The first-order chi connectivity index (χ1) is 16.6. The number of allylic oxidation sites excluding steroid dienone is 1. The van der Waals surface area contributed by atoms with Gasteiger partial charge in [0.25, 0.3) is 5.91 Å². The summed E-state index contributed by atoms with van der Waals surface area (Å²) < 4.78 is 16.5. The summed E-state index contributed by atoms with van der Waals surface area (Å²) in [6.07, 6.45) is 3.14. The van der Waals surface area contributed by atoms with Gasteiger partial charge in [0.2, 0.25) is 0 Å². The van der Waals surface area contributed by atoms with E-state index in [1.165, 1.54) is 6.08 Å². The van der Waals surface area contributed by atoms with E-state index in [4.69, 9.17) is 19.5 Å². The topological polar surface area (TPSA) is 97.7 Å². The fourth-order valence-corrected chi connectivity index (χ4v) is 2.98. The highest BCUT2D eigenvalue weighted by Crippen LogP contribution is 2.29. The van der Waals surface area contributed by atoms with Gasteiger partial charge in [-0.2, -0.15) is 5.26 Å². The van der Waals surface area contributed by atoms with Crippen molar-refractivity contribution in [3.8, 4) is 23.3 Å².